The maximum Gasteiger partial charge on any atom is 0.295 e. The van der Waals surface area contributed by atoms with E-state index in [0.29, 0.717) is 37.6 Å². The number of methoxy groups -OCH3 is 1. The molecule has 2 fully saturated rings. The van der Waals surface area contributed by atoms with Gasteiger partial charge in [-0.1, -0.05) is 28.1 Å². The number of Topliss-reactive ketones (excluding diaryl/α,β-unsaturated/α-hetero) is 1. The molecule has 33 heavy (non-hydrogen) atoms. The van der Waals surface area contributed by atoms with Gasteiger partial charge in [-0.15, -0.1) is 0 Å². The zero-order valence-corrected chi connectivity index (χ0v) is 20.3. The summed E-state index contributed by atoms with van der Waals surface area (Å²) in [7, 11) is 1.58. The van der Waals surface area contributed by atoms with Crippen molar-refractivity contribution in [2.75, 3.05) is 46.5 Å². The predicted octanol–water partition coefficient (Wildman–Crippen LogP) is 3.52. The molecular formula is C25H27BrN2O5. The second-order valence-electron chi connectivity index (χ2n) is 8.19. The number of benzene rings is 2. The predicted molar refractivity (Wildman–Crippen MR) is 128 cm³/mol. The molecule has 0 spiro atoms. The van der Waals surface area contributed by atoms with Gasteiger partial charge in [-0.25, -0.2) is 0 Å². The molecule has 1 N–H and O–H groups in total. The number of morpholine rings is 1. The average molecular weight is 515 g/mol. The number of hydrogen-bond donors (Lipinski definition) is 1. The van der Waals surface area contributed by atoms with Crippen LogP contribution in [-0.4, -0.2) is 73.1 Å². The molecule has 2 aromatic rings. The number of aliphatic hydroxyl groups is 1. The van der Waals surface area contributed by atoms with Crippen molar-refractivity contribution in [1.82, 2.24) is 9.80 Å². The number of ether oxygens (including phenoxy) is 2. The molecule has 1 amide bonds. The molecule has 0 aromatic heterocycles. The third kappa shape index (κ3) is 4.83. The van der Waals surface area contributed by atoms with Gasteiger partial charge in [-0.3, -0.25) is 14.5 Å². The lowest BCUT2D eigenvalue weighted by Crippen LogP contribution is -2.42. The standard InChI is InChI=1S/C25H27BrN2O5/c1-16-14-18(6-7-20(16)32-2)23(29)21-22(17-4-3-5-19(26)15-17)28(25(31)24(21)30)9-8-27-10-12-33-13-11-27/h3-7,14-15,22,29H,8-13H2,1-2H3/b23-21-. The molecule has 7 nitrogen and oxygen atoms in total. The maximum absolute atomic E-state index is 13.2. The molecule has 2 aliphatic heterocycles. The van der Waals surface area contributed by atoms with Crippen LogP contribution in [0.4, 0.5) is 0 Å². The number of ketones is 1. The van der Waals surface area contributed by atoms with Gasteiger partial charge in [0.15, 0.2) is 0 Å². The fourth-order valence-electron chi connectivity index (χ4n) is 4.39. The third-order valence-corrected chi connectivity index (χ3v) is 6.63. The Labute approximate surface area is 201 Å². The number of aliphatic hydroxyl groups excluding tert-OH is 1. The van der Waals surface area contributed by atoms with Crippen LogP contribution in [0, 0.1) is 6.92 Å². The van der Waals surface area contributed by atoms with E-state index in [1.807, 2.05) is 31.2 Å². The van der Waals surface area contributed by atoms with Crippen LogP contribution in [0.3, 0.4) is 0 Å². The fourth-order valence-corrected chi connectivity index (χ4v) is 4.81. The van der Waals surface area contributed by atoms with E-state index in [2.05, 4.69) is 20.8 Å². The summed E-state index contributed by atoms with van der Waals surface area (Å²) in [6, 6.07) is 12.0. The minimum atomic E-state index is -0.675. The smallest absolute Gasteiger partial charge is 0.295 e. The van der Waals surface area contributed by atoms with Gasteiger partial charge in [-0.05, 0) is 48.4 Å². The first kappa shape index (κ1) is 23.5. The van der Waals surface area contributed by atoms with Crippen molar-refractivity contribution in [1.29, 1.82) is 0 Å². The highest BCUT2D eigenvalue weighted by Crippen LogP contribution is 2.40. The Kier molecular flexibility index (Phi) is 7.17. The van der Waals surface area contributed by atoms with E-state index in [0.717, 1.165) is 28.7 Å². The zero-order valence-electron chi connectivity index (χ0n) is 18.7. The lowest BCUT2D eigenvalue weighted by Gasteiger charge is -2.31. The molecule has 2 saturated heterocycles. The monoisotopic (exact) mass is 514 g/mol. The van der Waals surface area contributed by atoms with E-state index >= 15 is 0 Å². The molecule has 1 unspecified atom stereocenters. The zero-order chi connectivity index (χ0) is 23.5. The van der Waals surface area contributed by atoms with Crippen LogP contribution in [-0.2, 0) is 14.3 Å². The van der Waals surface area contributed by atoms with Crippen molar-refractivity contribution in [2.45, 2.75) is 13.0 Å². The molecule has 8 heteroatoms. The fraction of sp³-hybridized carbons (Fsp3) is 0.360. The number of carbonyl (C=O) groups is 2. The highest BCUT2D eigenvalue weighted by molar-refractivity contribution is 9.10. The first-order valence-corrected chi connectivity index (χ1v) is 11.7. The SMILES string of the molecule is COc1ccc(/C(O)=C2/C(=O)C(=O)N(CCN3CCOCC3)C2c2cccc(Br)c2)cc1C. The molecule has 0 bridgehead atoms. The van der Waals surface area contributed by atoms with Gasteiger partial charge in [-0.2, -0.15) is 0 Å². The Morgan fingerprint density at radius 2 is 1.91 bits per heavy atom. The largest absolute Gasteiger partial charge is 0.507 e. The van der Waals surface area contributed by atoms with Crippen LogP contribution >= 0.6 is 15.9 Å². The molecule has 0 radical (unpaired) electrons. The van der Waals surface area contributed by atoms with Crippen molar-refractivity contribution >= 4 is 33.4 Å². The number of nitrogens with zero attached hydrogens (tertiary/aromatic N) is 2. The number of halogens is 1. The van der Waals surface area contributed by atoms with Crippen molar-refractivity contribution in [3.63, 3.8) is 0 Å². The van der Waals surface area contributed by atoms with Crippen LogP contribution in [0.25, 0.3) is 5.76 Å². The third-order valence-electron chi connectivity index (χ3n) is 6.13. The highest BCUT2D eigenvalue weighted by atomic mass is 79.9. The first-order chi connectivity index (χ1) is 15.9. The summed E-state index contributed by atoms with van der Waals surface area (Å²) in [6.45, 7) is 5.76. The molecule has 1 atom stereocenters. The molecule has 2 aliphatic rings. The first-order valence-electron chi connectivity index (χ1n) is 10.9. The summed E-state index contributed by atoms with van der Waals surface area (Å²) < 4.78 is 11.5. The van der Waals surface area contributed by atoms with E-state index in [-0.39, 0.29) is 11.3 Å². The molecule has 4 rings (SSSR count). The Morgan fingerprint density at radius 1 is 1.15 bits per heavy atom. The van der Waals surface area contributed by atoms with E-state index in [1.54, 1.807) is 30.2 Å². The number of amides is 1. The number of likely N-dealkylation sites (tertiary alicyclic amines) is 1. The van der Waals surface area contributed by atoms with Gasteiger partial charge in [0.05, 0.1) is 31.9 Å². The van der Waals surface area contributed by atoms with E-state index in [4.69, 9.17) is 9.47 Å². The molecule has 2 aromatic carbocycles. The Bertz CT molecular complexity index is 1090. The number of aryl methyl sites for hydroxylation is 1. The van der Waals surface area contributed by atoms with Crippen LogP contribution in [0.5, 0.6) is 5.75 Å². The average Bonchev–Trinajstić information content (AvgIpc) is 3.07. The van der Waals surface area contributed by atoms with Crippen LogP contribution in [0.1, 0.15) is 22.7 Å². The van der Waals surface area contributed by atoms with Gasteiger partial charge >= 0.3 is 0 Å². The highest BCUT2D eigenvalue weighted by Gasteiger charge is 2.46. The van der Waals surface area contributed by atoms with Gasteiger partial charge in [0.2, 0.25) is 0 Å². The topological polar surface area (TPSA) is 79.3 Å². The Morgan fingerprint density at radius 3 is 2.58 bits per heavy atom. The van der Waals surface area contributed by atoms with E-state index in [9.17, 15) is 14.7 Å². The molecule has 2 heterocycles. The van der Waals surface area contributed by atoms with Gasteiger partial charge in [0.25, 0.3) is 11.7 Å². The number of hydrogen-bond acceptors (Lipinski definition) is 6. The van der Waals surface area contributed by atoms with Crippen LogP contribution < -0.4 is 4.74 Å². The van der Waals surface area contributed by atoms with E-state index < -0.39 is 17.7 Å². The lowest BCUT2D eigenvalue weighted by molar-refractivity contribution is -0.140. The summed E-state index contributed by atoms with van der Waals surface area (Å²) >= 11 is 3.49. The summed E-state index contributed by atoms with van der Waals surface area (Å²) in [4.78, 5) is 30.1. The molecule has 0 saturated carbocycles. The Balaban J connectivity index is 1.75. The van der Waals surface area contributed by atoms with Crippen molar-refractivity contribution in [3.8, 4) is 5.75 Å². The summed E-state index contributed by atoms with van der Waals surface area (Å²) in [5, 5.41) is 11.2. The normalized spacial score (nSPS) is 20.9. The van der Waals surface area contributed by atoms with Gasteiger partial charge < -0.3 is 19.5 Å². The van der Waals surface area contributed by atoms with Crippen molar-refractivity contribution < 1.29 is 24.2 Å². The Hall–Kier alpha value is -2.68. The maximum atomic E-state index is 13.2. The second kappa shape index (κ2) is 10.1. The van der Waals surface area contributed by atoms with Gasteiger partial charge in [0, 0.05) is 36.2 Å². The minimum absolute atomic E-state index is 0.102. The second-order valence-corrected chi connectivity index (χ2v) is 9.10. The molecule has 0 aliphatic carbocycles. The van der Waals surface area contributed by atoms with Gasteiger partial charge in [0.1, 0.15) is 11.5 Å². The molecular weight excluding hydrogens is 488 g/mol. The quantitative estimate of drug-likeness (QED) is 0.361. The minimum Gasteiger partial charge on any atom is -0.507 e. The molecule has 174 valence electrons. The summed E-state index contributed by atoms with van der Waals surface area (Å²) in [6.07, 6.45) is 0. The number of rotatable bonds is 6. The van der Waals surface area contributed by atoms with Crippen LogP contribution in [0.2, 0.25) is 0 Å². The van der Waals surface area contributed by atoms with E-state index in [1.165, 1.54) is 0 Å². The lowest BCUT2D eigenvalue weighted by atomic mass is 9.95. The summed E-state index contributed by atoms with van der Waals surface area (Å²) in [5.41, 5.74) is 2.16. The van der Waals surface area contributed by atoms with Crippen LogP contribution in [0.15, 0.2) is 52.5 Å². The number of carbonyl (C=O) groups excluding carboxylic acids is 2. The van der Waals surface area contributed by atoms with Crippen molar-refractivity contribution in [3.05, 3.63) is 69.2 Å². The van der Waals surface area contributed by atoms with Crippen molar-refractivity contribution in [2.24, 2.45) is 0 Å². The summed E-state index contributed by atoms with van der Waals surface area (Å²) in [5.74, 6) is -0.771.